The average molecular weight is 428 g/mol. The molecule has 1 atom stereocenters. The molecular formula is C24H25N7O. The van der Waals surface area contributed by atoms with Crippen LogP contribution in [-0.4, -0.2) is 40.0 Å². The van der Waals surface area contributed by atoms with Crippen LogP contribution in [0.15, 0.2) is 84.4 Å². The summed E-state index contributed by atoms with van der Waals surface area (Å²) >= 11 is 0. The lowest BCUT2D eigenvalue weighted by Gasteiger charge is -2.28. The number of rotatable bonds is 6. The van der Waals surface area contributed by atoms with Crippen molar-refractivity contribution in [1.82, 2.24) is 25.3 Å². The number of benzene rings is 2. The zero-order chi connectivity index (χ0) is 22.0. The topological polar surface area (TPSA) is 78.7 Å². The molecule has 1 fully saturated rings. The van der Waals surface area contributed by atoms with Gasteiger partial charge in [0.1, 0.15) is 5.75 Å². The van der Waals surface area contributed by atoms with Gasteiger partial charge in [-0.3, -0.25) is 0 Å². The number of hydrogen-bond donors (Lipinski definition) is 3. The number of guanidine groups is 1. The molecule has 2 aliphatic rings. The minimum atomic E-state index is -0.748. The van der Waals surface area contributed by atoms with E-state index in [0.29, 0.717) is 6.54 Å². The van der Waals surface area contributed by atoms with E-state index in [0.717, 1.165) is 34.3 Å². The summed E-state index contributed by atoms with van der Waals surface area (Å²) in [7, 11) is 1.68. The van der Waals surface area contributed by atoms with Crippen molar-refractivity contribution in [1.29, 1.82) is 0 Å². The van der Waals surface area contributed by atoms with Gasteiger partial charge in [0.2, 0.25) is 11.7 Å². The van der Waals surface area contributed by atoms with Crippen LogP contribution in [0.3, 0.4) is 0 Å². The summed E-state index contributed by atoms with van der Waals surface area (Å²) in [5, 5.41) is 8.89. The first kappa shape index (κ1) is 19.9. The van der Waals surface area contributed by atoms with Gasteiger partial charge in [0.15, 0.2) is 0 Å². The Morgan fingerprint density at radius 3 is 2.81 bits per heavy atom. The normalized spacial score (nSPS) is 19.6. The Morgan fingerprint density at radius 1 is 1.19 bits per heavy atom. The van der Waals surface area contributed by atoms with Gasteiger partial charge < -0.3 is 19.9 Å². The number of nitrogens with zero attached hydrogens (tertiary/aromatic N) is 4. The zero-order valence-electron chi connectivity index (χ0n) is 18.0. The number of methoxy groups -OCH3 is 1. The van der Waals surface area contributed by atoms with Crippen molar-refractivity contribution < 1.29 is 4.74 Å². The number of nitrogens with one attached hydrogen (secondary N) is 3. The molecule has 2 aromatic carbocycles. The van der Waals surface area contributed by atoms with Gasteiger partial charge in [0.05, 0.1) is 31.4 Å². The molecule has 8 nitrogen and oxygen atoms in total. The fraction of sp³-hybridized carbons (Fsp3) is 0.167. The number of aryl methyl sites for hydroxylation is 1. The van der Waals surface area contributed by atoms with Crippen molar-refractivity contribution in [2.75, 3.05) is 19.0 Å². The molecule has 32 heavy (non-hydrogen) atoms. The predicted octanol–water partition coefficient (Wildman–Crippen LogP) is 3.26. The third kappa shape index (κ3) is 3.95. The van der Waals surface area contributed by atoms with E-state index in [-0.39, 0.29) is 0 Å². The first-order valence-corrected chi connectivity index (χ1v) is 10.4. The molecule has 3 aromatic rings. The van der Waals surface area contributed by atoms with Gasteiger partial charge in [-0.05, 0) is 48.9 Å². The zero-order valence-corrected chi connectivity index (χ0v) is 18.0. The number of para-hydroxylation sites is 1. The third-order valence-electron chi connectivity index (χ3n) is 5.27. The van der Waals surface area contributed by atoms with Crippen molar-refractivity contribution in [3.8, 4) is 11.4 Å². The lowest BCUT2D eigenvalue weighted by atomic mass is 10.1. The predicted molar refractivity (Wildman–Crippen MR) is 126 cm³/mol. The summed E-state index contributed by atoms with van der Waals surface area (Å²) in [5.41, 5.74) is 7.33. The van der Waals surface area contributed by atoms with Crippen LogP contribution in [0.4, 0.5) is 5.69 Å². The number of aliphatic imine (C=N–C) groups is 1. The Balaban J connectivity index is 1.46. The maximum Gasteiger partial charge on any atom is 0.216 e. The van der Waals surface area contributed by atoms with Crippen LogP contribution in [0.5, 0.6) is 5.75 Å². The molecule has 1 saturated heterocycles. The lowest BCUT2D eigenvalue weighted by molar-refractivity contribution is 0.343. The van der Waals surface area contributed by atoms with Crippen molar-refractivity contribution >= 4 is 17.7 Å². The minimum absolute atomic E-state index is 0.651. The number of fused-ring (bicyclic) bond motifs is 1. The van der Waals surface area contributed by atoms with Gasteiger partial charge in [0.25, 0.3) is 0 Å². The molecule has 8 heteroatoms. The van der Waals surface area contributed by atoms with Gasteiger partial charge in [-0.1, -0.05) is 30.3 Å². The SMILES string of the molecule is COc1cc(/C=C/C2(Nc3ccccc3)NC3=NCC=CN3N2)ccc1-n1cnc(C)c1. The smallest absolute Gasteiger partial charge is 0.216 e. The maximum absolute atomic E-state index is 5.65. The Kier molecular flexibility index (Phi) is 5.12. The van der Waals surface area contributed by atoms with Gasteiger partial charge >= 0.3 is 0 Å². The second-order valence-electron chi connectivity index (χ2n) is 7.64. The molecule has 0 aliphatic carbocycles. The first-order valence-electron chi connectivity index (χ1n) is 10.4. The fourth-order valence-corrected chi connectivity index (χ4v) is 3.74. The molecule has 0 radical (unpaired) electrons. The summed E-state index contributed by atoms with van der Waals surface area (Å²) in [4.78, 5) is 8.85. The molecule has 2 aliphatic heterocycles. The van der Waals surface area contributed by atoms with E-state index < -0.39 is 5.79 Å². The summed E-state index contributed by atoms with van der Waals surface area (Å²) < 4.78 is 7.61. The molecule has 1 aromatic heterocycles. The van der Waals surface area contributed by atoms with Crippen LogP contribution >= 0.6 is 0 Å². The lowest BCUT2D eigenvalue weighted by Crippen LogP contribution is -2.55. The van der Waals surface area contributed by atoms with Crippen LogP contribution in [-0.2, 0) is 0 Å². The second kappa shape index (κ2) is 8.24. The van der Waals surface area contributed by atoms with Crippen LogP contribution in [0.2, 0.25) is 0 Å². The molecule has 0 saturated carbocycles. The number of hydrogen-bond acceptors (Lipinski definition) is 7. The number of aromatic nitrogens is 2. The van der Waals surface area contributed by atoms with Gasteiger partial charge in [-0.2, -0.15) is 5.43 Å². The Labute approximate surface area is 186 Å². The van der Waals surface area contributed by atoms with Crippen LogP contribution in [0.25, 0.3) is 11.8 Å². The summed E-state index contributed by atoms with van der Waals surface area (Å²) in [6.45, 7) is 2.62. The van der Waals surface area contributed by atoms with Gasteiger partial charge in [0, 0.05) is 18.1 Å². The molecule has 0 amide bonds. The molecule has 3 N–H and O–H groups in total. The molecule has 162 valence electrons. The number of ether oxygens (including phenoxy) is 1. The van der Waals surface area contributed by atoms with E-state index in [2.05, 4.69) is 32.1 Å². The molecule has 1 unspecified atom stereocenters. The van der Waals surface area contributed by atoms with E-state index in [9.17, 15) is 0 Å². The largest absolute Gasteiger partial charge is 0.495 e. The monoisotopic (exact) mass is 427 g/mol. The quantitative estimate of drug-likeness (QED) is 0.561. The highest BCUT2D eigenvalue weighted by Gasteiger charge is 2.38. The highest BCUT2D eigenvalue weighted by Crippen LogP contribution is 2.26. The first-order chi connectivity index (χ1) is 15.6. The maximum atomic E-state index is 5.65. The number of anilines is 1. The van der Waals surface area contributed by atoms with E-state index in [4.69, 9.17) is 4.74 Å². The van der Waals surface area contributed by atoms with Crippen LogP contribution in [0, 0.1) is 6.92 Å². The Bertz CT molecular complexity index is 1200. The highest BCUT2D eigenvalue weighted by molar-refractivity contribution is 5.85. The molecule has 5 rings (SSSR count). The van der Waals surface area contributed by atoms with Crippen molar-refractivity contribution in [2.45, 2.75) is 12.7 Å². The van der Waals surface area contributed by atoms with Crippen molar-refractivity contribution in [2.24, 2.45) is 4.99 Å². The van der Waals surface area contributed by atoms with Crippen LogP contribution < -0.4 is 20.8 Å². The van der Waals surface area contributed by atoms with E-state index in [1.807, 2.05) is 89.6 Å². The molecular weight excluding hydrogens is 402 g/mol. The molecule has 0 spiro atoms. The summed E-state index contributed by atoms with van der Waals surface area (Å²) in [6, 6.07) is 16.1. The molecule has 0 bridgehead atoms. The summed E-state index contributed by atoms with van der Waals surface area (Å²) in [5.74, 6) is 0.790. The van der Waals surface area contributed by atoms with E-state index in [1.165, 1.54) is 0 Å². The second-order valence-corrected chi connectivity index (χ2v) is 7.64. The number of imidazole rings is 1. The standard InChI is InChI=1S/C24H25N7O/c1-18-16-30(17-26-18)21-10-9-19(15-22(21)32-2)11-12-24(27-20-7-4-3-5-8-20)28-23-25-13-6-14-31(23)29-24/h3-12,14-17,27,29H,13H2,1-2H3,(H,25,28)/b12-11+. The third-order valence-corrected chi connectivity index (χ3v) is 5.27. The minimum Gasteiger partial charge on any atom is -0.495 e. The van der Waals surface area contributed by atoms with Gasteiger partial charge in [-0.25, -0.2) is 15.0 Å². The Morgan fingerprint density at radius 2 is 2.06 bits per heavy atom. The summed E-state index contributed by atoms with van der Waals surface area (Å²) in [6.07, 6.45) is 11.8. The molecule has 3 heterocycles. The average Bonchev–Trinajstić information content (AvgIpc) is 3.41. The van der Waals surface area contributed by atoms with Crippen LogP contribution in [0.1, 0.15) is 11.3 Å². The van der Waals surface area contributed by atoms with Crippen molar-refractivity contribution in [3.63, 3.8) is 0 Å². The Hall–Kier alpha value is -4.04. The number of hydrazine groups is 1. The van der Waals surface area contributed by atoms with Gasteiger partial charge in [-0.15, -0.1) is 0 Å². The highest BCUT2D eigenvalue weighted by atomic mass is 16.5. The van der Waals surface area contributed by atoms with E-state index >= 15 is 0 Å². The fourth-order valence-electron chi connectivity index (χ4n) is 3.74. The van der Waals surface area contributed by atoms with Crippen molar-refractivity contribution in [3.05, 3.63) is 90.7 Å². The van der Waals surface area contributed by atoms with E-state index in [1.54, 1.807) is 13.4 Å².